The fourth-order valence-corrected chi connectivity index (χ4v) is 3.38. The van der Waals surface area contributed by atoms with E-state index in [1.807, 2.05) is 63.2 Å². The summed E-state index contributed by atoms with van der Waals surface area (Å²) in [7, 11) is 0. The molecule has 1 N–H and O–H groups in total. The molecule has 1 amide bonds. The second-order valence-corrected chi connectivity index (χ2v) is 7.46. The Bertz CT molecular complexity index is 930. The minimum Gasteiger partial charge on any atom is -0.486 e. The number of hydrogen-bond acceptors (Lipinski definition) is 4. The average molecular weight is 366 g/mol. The Morgan fingerprint density at radius 3 is 2.46 bits per heavy atom. The second-order valence-electron chi connectivity index (χ2n) is 6.38. The molecular weight excluding hydrogens is 344 g/mol. The van der Waals surface area contributed by atoms with Crippen molar-refractivity contribution < 1.29 is 9.53 Å². The fraction of sp³-hybridized carbons (Fsp3) is 0.238. The molecule has 0 aliphatic heterocycles. The van der Waals surface area contributed by atoms with Crippen molar-refractivity contribution in [3.63, 3.8) is 0 Å². The van der Waals surface area contributed by atoms with E-state index in [-0.39, 0.29) is 5.91 Å². The van der Waals surface area contributed by atoms with Gasteiger partial charge < -0.3 is 10.1 Å². The number of aryl methyl sites for hydroxylation is 4. The standard InChI is InChI=1S/C21H22N2O2S/c1-13-5-9-18(10-6-13)25-12-19-22-16(4)20(26-19)21(24)23-17-8-7-14(2)15(3)11-17/h5-11H,12H2,1-4H3,(H,23,24). The van der Waals surface area contributed by atoms with Crippen LogP contribution in [0.5, 0.6) is 5.75 Å². The largest absolute Gasteiger partial charge is 0.486 e. The molecule has 0 bridgehead atoms. The summed E-state index contributed by atoms with van der Waals surface area (Å²) in [5, 5.41) is 3.74. The zero-order valence-electron chi connectivity index (χ0n) is 15.4. The summed E-state index contributed by atoms with van der Waals surface area (Å²) in [5.74, 6) is 0.662. The van der Waals surface area contributed by atoms with Crippen LogP contribution in [0.2, 0.25) is 0 Å². The van der Waals surface area contributed by atoms with Crippen molar-refractivity contribution in [3.8, 4) is 5.75 Å². The molecule has 0 radical (unpaired) electrons. The Morgan fingerprint density at radius 2 is 1.77 bits per heavy atom. The van der Waals surface area contributed by atoms with Crippen molar-refractivity contribution in [2.24, 2.45) is 0 Å². The second kappa shape index (κ2) is 7.70. The number of amides is 1. The summed E-state index contributed by atoms with van der Waals surface area (Å²) in [6.45, 7) is 8.32. The molecule has 0 aliphatic rings. The van der Waals surface area contributed by atoms with Crippen LogP contribution in [0, 0.1) is 27.7 Å². The van der Waals surface area contributed by atoms with Crippen LogP contribution in [0.4, 0.5) is 5.69 Å². The monoisotopic (exact) mass is 366 g/mol. The third kappa shape index (κ3) is 4.29. The van der Waals surface area contributed by atoms with Gasteiger partial charge in [0, 0.05) is 5.69 Å². The summed E-state index contributed by atoms with van der Waals surface area (Å²) in [5.41, 5.74) is 5.05. The van der Waals surface area contributed by atoms with Gasteiger partial charge in [0.05, 0.1) is 5.69 Å². The third-order valence-corrected chi connectivity index (χ3v) is 5.32. The minimum atomic E-state index is -0.134. The van der Waals surface area contributed by atoms with Gasteiger partial charge in [0.1, 0.15) is 22.2 Å². The van der Waals surface area contributed by atoms with Crippen LogP contribution in [0.15, 0.2) is 42.5 Å². The maximum atomic E-state index is 12.6. The summed E-state index contributed by atoms with van der Waals surface area (Å²) in [6.07, 6.45) is 0. The number of carbonyl (C=O) groups is 1. The summed E-state index contributed by atoms with van der Waals surface area (Å²) in [6, 6.07) is 13.8. The number of nitrogens with zero attached hydrogens (tertiary/aromatic N) is 1. The topological polar surface area (TPSA) is 51.2 Å². The van der Waals surface area contributed by atoms with Crippen molar-refractivity contribution >= 4 is 22.9 Å². The number of ether oxygens (including phenoxy) is 1. The third-order valence-electron chi connectivity index (χ3n) is 4.20. The zero-order valence-corrected chi connectivity index (χ0v) is 16.2. The molecule has 1 aromatic heterocycles. The van der Waals surface area contributed by atoms with Crippen LogP contribution in [-0.4, -0.2) is 10.9 Å². The van der Waals surface area contributed by atoms with Crippen LogP contribution in [0.1, 0.15) is 37.1 Å². The SMILES string of the molecule is Cc1ccc(OCc2nc(C)c(C(=O)Nc3ccc(C)c(C)c3)s2)cc1. The first-order valence-electron chi connectivity index (χ1n) is 8.47. The molecule has 3 rings (SSSR count). The van der Waals surface area contributed by atoms with Crippen LogP contribution >= 0.6 is 11.3 Å². The van der Waals surface area contributed by atoms with E-state index in [2.05, 4.69) is 17.2 Å². The molecule has 0 fully saturated rings. The summed E-state index contributed by atoms with van der Waals surface area (Å²) >= 11 is 1.37. The molecule has 0 saturated heterocycles. The van der Waals surface area contributed by atoms with E-state index in [4.69, 9.17) is 4.74 Å². The first kappa shape index (κ1) is 18.1. The highest BCUT2D eigenvalue weighted by Crippen LogP contribution is 2.22. The molecule has 0 spiro atoms. The Labute approximate surface area is 157 Å². The zero-order chi connectivity index (χ0) is 18.7. The number of thiazole rings is 1. The molecule has 0 atom stereocenters. The lowest BCUT2D eigenvalue weighted by Crippen LogP contribution is -2.11. The lowest BCUT2D eigenvalue weighted by molar-refractivity contribution is 0.103. The van der Waals surface area contributed by atoms with E-state index in [0.29, 0.717) is 11.5 Å². The molecular formula is C21H22N2O2S. The van der Waals surface area contributed by atoms with Gasteiger partial charge in [-0.25, -0.2) is 4.98 Å². The summed E-state index contributed by atoms with van der Waals surface area (Å²) in [4.78, 5) is 17.7. The molecule has 0 aliphatic carbocycles. The highest BCUT2D eigenvalue weighted by Gasteiger charge is 2.16. The fourth-order valence-electron chi connectivity index (χ4n) is 2.51. The quantitative estimate of drug-likeness (QED) is 0.674. The van der Waals surface area contributed by atoms with Gasteiger partial charge in [0.25, 0.3) is 5.91 Å². The van der Waals surface area contributed by atoms with Gasteiger partial charge in [-0.3, -0.25) is 4.79 Å². The first-order chi connectivity index (χ1) is 12.4. The van der Waals surface area contributed by atoms with Gasteiger partial charge in [0.2, 0.25) is 0 Å². The lowest BCUT2D eigenvalue weighted by Gasteiger charge is -2.07. The predicted molar refractivity (Wildman–Crippen MR) is 106 cm³/mol. The van der Waals surface area contributed by atoms with Gasteiger partial charge >= 0.3 is 0 Å². The molecule has 26 heavy (non-hydrogen) atoms. The number of aromatic nitrogens is 1. The van der Waals surface area contributed by atoms with Crippen molar-refractivity contribution in [1.29, 1.82) is 0 Å². The molecule has 4 nitrogen and oxygen atoms in total. The maximum absolute atomic E-state index is 12.6. The lowest BCUT2D eigenvalue weighted by atomic mass is 10.1. The van der Waals surface area contributed by atoms with Gasteiger partial charge in [-0.2, -0.15) is 0 Å². The molecule has 0 saturated carbocycles. The average Bonchev–Trinajstić information content (AvgIpc) is 2.98. The van der Waals surface area contributed by atoms with Gasteiger partial charge in [-0.15, -0.1) is 11.3 Å². The van der Waals surface area contributed by atoms with E-state index in [1.165, 1.54) is 22.5 Å². The molecule has 5 heteroatoms. The molecule has 0 unspecified atom stereocenters. The Morgan fingerprint density at radius 1 is 1.04 bits per heavy atom. The van der Waals surface area contributed by atoms with Gasteiger partial charge in [-0.1, -0.05) is 23.8 Å². The number of hydrogen-bond donors (Lipinski definition) is 1. The van der Waals surface area contributed by atoms with E-state index in [9.17, 15) is 4.79 Å². The van der Waals surface area contributed by atoms with Crippen molar-refractivity contribution in [2.75, 3.05) is 5.32 Å². The van der Waals surface area contributed by atoms with Crippen molar-refractivity contribution in [1.82, 2.24) is 4.98 Å². The Hall–Kier alpha value is -2.66. The summed E-state index contributed by atoms with van der Waals surface area (Å²) < 4.78 is 5.76. The van der Waals surface area contributed by atoms with E-state index in [0.717, 1.165) is 27.7 Å². The highest BCUT2D eigenvalue weighted by atomic mass is 32.1. The van der Waals surface area contributed by atoms with Crippen molar-refractivity contribution in [2.45, 2.75) is 34.3 Å². The molecule has 1 heterocycles. The number of nitrogens with one attached hydrogen (secondary N) is 1. The van der Waals surface area contributed by atoms with Crippen molar-refractivity contribution in [3.05, 3.63) is 74.7 Å². The maximum Gasteiger partial charge on any atom is 0.267 e. The first-order valence-corrected chi connectivity index (χ1v) is 9.28. The Balaban J connectivity index is 1.67. The van der Waals surface area contributed by atoms with Crippen LogP contribution in [0.25, 0.3) is 0 Å². The molecule has 3 aromatic rings. The number of carbonyl (C=O) groups excluding carboxylic acids is 1. The predicted octanol–water partition coefficient (Wildman–Crippen LogP) is 5.21. The highest BCUT2D eigenvalue weighted by molar-refractivity contribution is 7.13. The van der Waals surface area contributed by atoms with E-state index >= 15 is 0 Å². The van der Waals surface area contributed by atoms with E-state index < -0.39 is 0 Å². The number of anilines is 1. The normalized spacial score (nSPS) is 10.6. The number of rotatable bonds is 5. The Kier molecular flexibility index (Phi) is 5.38. The minimum absolute atomic E-state index is 0.134. The van der Waals surface area contributed by atoms with Crippen LogP contribution in [0.3, 0.4) is 0 Å². The molecule has 134 valence electrons. The van der Waals surface area contributed by atoms with Crippen LogP contribution in [-0.2, 0) is 6.61 Å². The van der Waals surface area contributed by atoms with Gasteiger partial charge in [0.15, 0.2) is 0 Å². The van der Waals surface area contributed by atoms with Crippen LogP contribution < -0.4 is 10.1 Å². The number of benzene rings is 2. The van der Waals surface area contributed by atoms with E-state index in [1.54, 1.807) is 0 Å². The van der Waals surface area contributed by atoms with Gasteiger partial charge in [-0.05, 0) is 63.1 Å². The smallest absolute Gasteiger partial charge is 0.267 e. The molecule has 2 aromatic carbocycles.